The number of nitro benzene ring substituents is 1. The zero-order valence-corrected chi connectivity index (χ0v) is 12.4. The third-order valence-electron chi connectivity index (χ3n) is 3.24. The molecule has 0 saturated heterocycles. The molecule has 1 aromatic rings. The predicted molar refractivity (Wildman–Crippen MR) is 79.3 cm³/mol. The average Bonchev–Trinajstić information content (AvgIpc) is 2.42. The van der Waals surface area contributed by atoms with Gasteiger partial charge in [-0.3, -0.25) is 14.9 Å². The highest BCUT2D eigenvalue weighted by Crippen LogP contribution is 2.20. The van der Waals surface area contributed by atoms with Gasteiger partial charge in [0.15, 0.2) is 0 Å². The molecule has 0 saturated carbocycles. The van der Waals surface area contributed by atoms with Gasteiger partial charge in [0, 0.05) is 18.5 Å². The largest absolute Gasteiger partial charge is 0.352 e. The summed E-state index contributed by atoms with van der Waals surface area (Å²) in [6.45, 7) is 4.30. The van der Waals surface area contributed by atoms with Crippen molar-refractivity contribution in [2.75, 3.05) is 12.4 Å². The summed E-state index contributed by atoms with van der Waals surface area (Å²) in [6, 6.07) is 4.52. The highest BCUT2D eigenvalue weighted by molar-refractivity contribution is 6.17. The SMILES string of the molecule is CCC(CCCl)CNC(=O)c1cc(C)ccc1[N+](=O)[O-]. The first-order valence-corrected chi connectivity index (χ1v) is 7.12. The van der Waals surface area contributed by atoms with Gasteiger partial charge in [0.05, 0.1) is 4.92 Å². The van der Waals surface area contributed by atoms with E-state index in [4.69, 9.17) is 11.6 Å². The van der Waals surface area contributed by atoms with Gasteiger partial charge in [-0.25, -0.2) is 0 Å². The van der Waals surface area contributed by atoms with Crippen LogP contribution in [-0.2, 0) is 0 Å². The van der Waals surface area contributed by atoms with Crippen molar-refractivity contribution in [1.29, 1.82) is 0 Å². The molecule has 0 aliphatic carbocycles. The molecule has 5 nitrogen and oxygen atoms in total. The van der Waals surface area contributed by atoms with Crippen LogP contribution < -0.4 is 5.32 Å². The van der Waals surface area contributed by atoms with Gasteiger partial charge >= 0.3 is 0 Å². The minimum absolute atomic E-state index is 0.107. The molecule has 1 unspecified atom stereocenters. The summed E-state index contributed by atoms with van der Waals surface area (Å²) < 4.78 is 0. The van der Waals surface area contributed by atoms with E-state index in [1.54, 1.807) is 13.0 Å². The molecular formula is C14H19ClN2O3. The highest BCUT2D eigenvalue weighted by atomic mass is 35.5. The minimum Gasteiger partial charge on any atom is -0.352 e. The molecule has 1 aromatic carbocycles. The van der Waals surface area contributed by atoms with Crippen molar-refractivity contribution in [3.05, 3.63) is 39.4 Å². The number of nitrogens with zero attached hydrogens (tertiary/aromatic N) is 1. The lowest BCUT2D eigenvalue weighted by Gasteiger charge is -2.14. The molecular weight excluding hydrogens is 280 g/mol. The molecule has 0 heterocycles. The van der Waals surface area contributed by atoms with Crippen LogP contribution in [0, 0.1) is 23.0 Å². The molecule has 0 spiro atoms. The zero-order valence-electron chi connectivity index (χ0n) is 11.7. The lowest BCUT2D eigenvalue weighted by Crippen LogP contribution is -2.29. The van der Waals surface area contributed by atoms with Crippen molar-refractivity contribution in [2.45, 2.75) is 26.7 Å². The Balaban J connectivity index is 2.81. The molecule has 0 bridgehead atoms. The predicted octanol–water partition coefficient (Wildman–Crippen LogP) is 3.29. The Morgan fingerprint density at radius 2 is 2.20 bits per heavy atom. The minimum atomic E-state index is -0.537. The van der Waals surface area contributed by atoms with E-state index in [1.807, 2.05) is 6.92 Å². The number of benzene rings is 1. The zero-order chi connectivity index (χ0) is 15.1. The van der Waals surface area contributed by atoms with Crippen LogP contribution in [0.25, 0.3) is 0 Å². The van der Waals surface area contributed by atoms with Crippen LogP contribution in [0.15, 0.2) is 18.2 Å². The highest BCUT2D eigenvalue weighted by Gasteiger charge is 2.20. The van der Waals surface area contributed by atoms with Gasteiger partial charge in [0.25, 0.3) is 11.6 Å². The van der Waals surface area contributed by atoms with E-state index < -0.39 is 10.8 Å². The Morgan fingerprint density at radius 3 is 2.75 bits per heavy atom. The lowest BCUT2D eigenvalue weighted by atomic mass is 10.0. The van der Waals surface area contributed by atoms with Gasteiger partial charge < -0.3 is 5.32 Å². The lowest BCUT2D eigenvalue weighted by molar-refractivity contribution is -0.385. The summed E-state index contributed by atoms with van der Waals surface area (Å²) in [6.07, 6.45) is 1.72. The summed E-state index contributed by atoms with van der Waals surface area (Å²) in [5.41, 5.74) is 0.753. The molecule has 1 N–H and O–H groups in total. The van der Waals surface area contributed by atoms with E-state index in [0.29, 0.717) is 18.3 Å². The number of nitrogens with one attached hydrogen (secondary N) is 1. The molecule has 1 rings (SSSR count). The quantitative estimate of drug-likeness (QED) is 0.477. The van der Waals surface area contributed by atoms with Gasteiger partial charge in [-0.15, -0.1) is 11.6 Å². The van der Waals surface area contributed by atoms with Gasteiger partial charge in [0.2, 0.25) is 0 Å². The van der Waals surface area contributed by atoms with E-state index in [-0.39, 0.29) is 11.3 Å². The van der Waals surface area contributed by atoms with E-state index >= 15 is 0 Å². The van der Waals surface area contributed by atoms with Gasteiger partial charge in [-0.1, -0.05) is 19.4 Å². The Morgan fingerprint density at radius 1 is 1.50 bits per heavy atom. The standard InChI is InChI=1S/C14H19ClN2O3/c1-3-11(6-7-15)9-16-14(18)12-8-10(2)4-5-13(12)17(19)20/h4-5,8,11H,3,6-7,9H2,1-2H3,(H,16,18). The Labute approximate surface area is 123 Å². The van der Waals surface area contributed by atoms with E-state index in [1.165, 1.54) is 12.1 Å². The van der Waals surface area contributed by atoms with Crippen molar-refractivity contribution in [2.24, 2.45) is 5.92 Å². The van der Waals surface area contributed by atoms with E-state index in [0.717, 1.165) is 18.4 Å². The molecule has 110 valence electrons. The van der Waals surface area contributed by atoms with Crippen LogP contribution in [-0.4, -0.2) is 23.3 Å². The smallest absolute Gasteiger partial charge is 0.282 e. The summed E-state index contributed by atoms with van der Waals surface area (Å²) in [7, 11) is 0. The number of alkyl halides is 1. The molecule has 0 aromatic heterocycles. The number of rotatable bonds is 7. The van der Waals surface area contributed by atoms with Crippen LogP contribution in [0.4, 0.5) is 5.69 Å². The second-order valence-corrected chi connectivity index (χ2v) is 5.12. The normalized spacial score (nSPS) is 11.9. The molecule has 20 heavy (non-hydrogen) atoms. The number of hydrogen-bond acceptors (Lipinski definition) is 3. The fourth-order valence-corrected chi connectivity index (χ4v) is 2.24. The molecule has 1 atom stereocenters. The number of hydrogen-bond donors (Lipinski definition) is 1. The second-order valence-electron chi connectivity index (χ2n) is 4.74. The molecule has 0 aliphatic heterocycles. The summed E-state index contributed by atoms with van der Waals surface area (Å²) in [4.78, 5) is 22.5. The second kappa shape index (κ2) is 7.85. The fraction of sp³-hybridized carbons (Fsp3) is 0.500. The van der Waals surface area contributed by atoms with E-state index in [9.17, 15) is 14.9 Å². The first kappa shape index (κ1) is 16.4. The van der Waals surface area contributed by atoms with Crippen molar-refractivity contribution in [1.82, 2.24) is 5.32 Å². The third kappa shape index (κ3) is 4.49. The van der Waals surface area contributed by atoms with Crippen molar-refractivity contribution < 1.29 is 9.72 Å². The molecule has 0 aliphatic rings. The van der Waals surface area contributed by atoms with Crippen LogP contribution in [0.3, 0.4) is 0 Å². The molecule has 0 radical (unpaired) electrons. The summed E-state index contributed by atoms with van der Waals surface area (Å²) >= 11 is 5.69. The van der Waals surface area contributed by atoms with Gasteiger partial charge in [-0.2, -0.15) is 0 Å². The number of aryl methyl sites for hydroxylation is 1. The molecule has 1 amide bonds. The Bertz CT molecular complexity index is 491. The van der Waals surface area contributed by atoms with Crippen molar-refractivity contribution in [3.63, 3.8) is 0 Å². The Hall–Kier alpha value is -1.62. The number of nitro groups is 1. The monoisotopic (exact) mass is 298 g/mol. The van der Waals surface area contributed by atoms with Crippen LogP contribution in [0.2, 0.25) is 0 Å². The third-order valence-corrected chi connectivity index (χ3v) is 3.46. The Kier molecular flexibility index (Phi) is 6.45. The van der Waals surface area contributed by atoms with Crippen LogP contribution in [0.5, 0.6) is 0 Å². The van der Waals surface area contributed by atoms with Crippen molar-refractivity contribution >= 4 is 23.2 Å². The van der Waals surface area contributed by atoms with Crippen molar-refractivity contribution in [3.8, 4) is 0 Å². The number of carbonyl (C=O) groups is 1. The molecule has 6 heteroatoms. The maximum Gasteiger partial charge on any atom is 0.282 e. The number of carbonyl (C=O) groups excluding carboxylic acids is 1. The summed E-state index contributed by atoms with van der Waals surface area (Å²) in [5.74, 6) is 0.424. The molecule has 0 fully saturated rings. The fourth-order valence-electron chi connectivity index (χ4n) is 1.93. The van der Waals surface area contributed by atoms with Gasteiger partial charge in [-0.05, 0) is 30.9 Å². The first-order valence-electron chi connectivity index (χ1n) is 6.58. The maximum absolute atomic E-state index is 12.1. The van der Waals surface area contributed by atoms with E-state index in [2.05, 4.69) is 5.32 Å². The number of amides is 1. The first-order chi connectivity index (χ1) is 9.49. The average molecular weight is 299 g/mol. The van der Waals surface area contributed by atoms with Crippen LogP contribution >= 0.6 is 11.6 Å². The topological polar surface area (TPSA) is 72.2 Å². The summed E-state index contributed by atoms with van der Waals surface area (Å²) in [5, 5.41) is 13.7. The van der Waals surface area contributed by atoms with Gasteiger partial charge in [0.1, 0.15) is 5.56 Å². The van der Waals surface area contributed by atoms with Crippen LogP contribution in [0.1, 0.15) is 35.7 Å². The number of halogens is 1. The maximum atomic E-state index is 12.1.